The van der Waals surface area contributed by atoms with Crippen LogP contribution in [0.3, 0.4) is 0 Å². The number of amides is 3. The molecule has 1 aromatic carbocycles. The summed E-state index contributed by atoms with van der Waals surface area (Å²) in [7, 11) is 0. The summed E-state index contributed by atoms with van der Waals surface area (Å²) >= 11 is 3.12. The summed E-state index contributed by atoms with van der Waals surface area (Å²) in [6.45, 7) is 0.404. The first kappa shape index (κ1) is 17.0. The highest BCUT2D eigenvalue weighted by Gasteiger charge is 2.10. The molecule has 5 N–H and O–H groups in total. The van der Waals surface area contributed by atoms with Gasteiger partial charge in [0.05, 0.1) is 5.56 Å². The summed E-state index contributed by atoms with van der Waals surface area (Å²) in [5, 5.41) is 14.1. The molecular weight excluding hydrogens is 342 g/mol. The van der Waals surface area contributed by atoms with Gasteiger partial charge in [-0.05, 0) is 47.0 Å². The third kappa shape index (κ3) is 6.26. The average Bonchev–Trinajstić information content (AvgIpc) is 2.40. The van der Waals surface area contributed by atoms with Crippen molar-refractivity contribution < 1.29 is 19.5 Å². The molecule has 0 bridgehead atoms. The molecule has 0 heterocycles. The van der Waals surface area contributed by atoms with E-state index in [0.717, 1.165) is 0 Å². The van der Waals surface area contributed by atoms with Gasteiger partial charge in [-0.1, -0.05) is 0 Å². The Balaban J connectivity index is 2.43. The van der Waals surface area contributed by atoms with E-state index in [1.807, 2.05) is 0 Å². The van der Waals surface area contributed by atoms with E-state index in [9.17, 15) is 14.4 Å². The number of rotatable bonds is 7. The van der Waals surface area contributed by atoms with Gasteiger partial charge in [-0.3, -0.25) is 4.79 Å². The molecule has 0 saturated carbocycles. The highest BCUT2D eigenvalue weighted by Crippen LogP contribution is 2.21. The lowest BCUT2D eigenvalue weighted by Crippen LogP contribution is -2.29. The third-order valence-electron chi connectivity index (χ3n) is 2.59. The quantitative estimate of drug-likeness (QED) is 0.556. The first-order chi connectivity index (χ1) is 9.90. The number of anilines is 1. The van der Waals surface area contributed by atoms with E-state index >= 15 is 0 Å². The van der Waals surface area contributed by atoms with E-state index in [1.165, 1.54) is 6.07 Å². The second kappa shape index (κ2) is 8.25. The highest BCUT2D eigenvalue weighted by molar-refractivity contribution is 9.10. The Bertz CT molecular complexity index is 548. The van der Waals surface area contributed by atoms with Crippen molar-refractivity contribution in [1.82, 2.24) is 5.32 Å². The van der Waals surface area contributed by atoms with Gasteiger partial charge < -0.3 is 21.5 Å². The molecule has 0 unspecified atom stereocenters. The minimum Gasteiger partial charge on any atom is -0.478 e. The number of unbranched alkanes of at least 4 members (excludes halogenated alkanes) is 1. The molecular formula is C13H16BrN3O4. The number of urea groups is 1. The molecule has 1 rings (SSSR count). The van der Waals surface area contributed by atoms with Crippen molar-refractivity contribution in [1.29, 1.82) is 0 Å². The van der Waals surface area contributed by atoms with Gasteiger partial charge in [0.2, 0.25) is 5.91 Å². The van der Waals surface area contributed by atoms with Crippen molar-refractivity contribution in [2.45, 2.75) is 19.3 Å². The molecule has 0 fully saturated rings. The van der Waals surface area contributed by atoms with Crippen molar-refractivity contribution in [3.8, 4) is 0 Å². The third-order valence-corrected chi connectivity index (χ3v) is 3.28. The van der Waals surface area contributed by atoms with E-state index < -0.39 is 12.0 Å². The summed E-state index contributed by atoms with van der Waals surface area (Å²) < 4.78 is 0.437. The van der Waals surface area contributed by atoms with Crippen LogP contribution in [0.25, 0.3) is 0 Å². The number of halogens is 1. The minimum atomic E-state index is -1.09. The average molecular weight is 358 g/mol. The number of nitrogens with two attached hydrogens (primary N) is 1. The van der Waals surface area contributed by atoms with Crippen LogP contribution in [0.4, 0.5) is 10.5 Å². The Hall–Kier alpha value is -2.09. The van der Waals surface area contributed by atoms with Crippen LogP contribution in [0.2, 0.25) is 0 Å². The number of hydrogen-bond acceptors (Lipinski definition) is 3. The number of aromatic carboxylic acids is 1. The van der Waals surface area contributed by atoms with Gasteiger partial charge in [-0.25, -0.2) is 9.59 Å². The molecule has 21 heavy (non-hydrogen) atoms. The van der Waals surface area contributed by atoms with Crippen LogP contribution in [0.1, 0.15) is 29.6 Å². The molecule has 0 aromatic heterocycles. The van der Waals surface area contributed by atoms with Crippen LogP contribution in [0, 0.1) is 0 Å². The van der Waals surface area contributed by atoms with E-state index in [1.54, 1.807) is 12.1 Å². The second-order valence-corrected chi connectivity index (χ2v) is 5.16. The SMILES string of the molecule is NC(=O)CCCCNC(=O)Nc1ccc(Br)c(C(=O)O)c1. The molecule has 0 saturated heterocycles. The lowest BCUT2D eigenvalue weighted by molar-refractivity contribution is -0.118. The summed E-state index contributed by atoms with van der Waals surface area (Å²) in [6.07, 6.45) is 1.53. The Morgan fingerprint density at radius 3 is 2.57 bits per heavy atom. The van der Waals surface area contributed by atoms with E-state index in [0.29, 0.717) is 29.5 Å². The van der Waals surface area contributed by atoms with Crippen molar-refractivity contribution >= 4 is 39.5 Å². The fourth-order valence-electron chi connectivity index (χ4n) is 1.57. The zero-order valence-corrected chi connectivity index (χ0v) is 12.8. The summed E-state index contributed by atoms with van der Waals surface area (Å²) in [6, 6.07) is 4.06. The molecule has 0 radical (unpaired) electrons. The molecule has 114 valence electrons. The summed E-state index contributed by atoms with van der Waals surface area (Å²) in [5.41, 5.74) is 5.44. The number of carbonyl (C=O) groups is 3. The predicted octanol–water partition coefficient (Wildman–Crippen LogP) is 1.92. The van der Waals surface area contributed by atoms with Crippen LogP contribution >= 0.6 is 15.9 Å². The van der Waals surface area contributed by atoms with Crippen molar-refractivity contribution in [3.63, 3.8) is 0 Å². The standard InChI is InChI=1S/C13H16BrN3O4/c14-10-5-4-8(7-9(10)12(19)20)17-13(21)16-6-2-1-3-11(15)18/h4-5,7H,1-3,6H2,(H2,15,18)(H,19,20)(H2,16,17,21). The van der Waals surface area contributed by atoms with E-state index in [-0.39, 0.29) is 17.9 Å². The van der Waals surface area contributed by atoms with Crippen molar-refractivity contribution in [2.24, 2.45) is 5.73 Å². The maximum absolute atomic E-state index is 11.6. The molecule has 1 aromatic rings. The van der Waals surface area contributed by atoms with Crippen LogP contribution in [0.15, 0.2) is 22.7 Å². The monoisotopic (exact) mass is 357 g/mol. The smallest absolute Gasteiger partial charge is 0.336 e. The van der Waals surface area contributed by atoms with Crippen molar-refractivity contribution in [3.05, 3.63) is 28.2 Å². The van der Waals surface area contributed by atoms with Gasteiger partial charge >= 0.3 is 12.0 Å². The van der Waals surface area contributed by atoms with Crippen LogP contribution in [-0.2, 0) is 4.79 Å². The van der Waals surface area contributed by atoms with Gasteiger partial charge in [-0.2, -0.15) is 0 Å². The Morgan fingerprint density at radius 1 is 1.24 bits per heavy atom. The van der Waals surface area contributed by atoms with E-state index in [2.05, 4.69) is 26.6 Å². The maximum Gasteiger partial charge on any atom is 0.336 e. The first-order valence-electron chi connectivity index (χ1n) is 6.26. The van der Waals surface area contributed by atoms with Gasteiger partial charge in [0.15, 0.2) is 0 Å². The lowest BCUT2D eigenvalue weighted by atomic mass is 10.2. The zero-order chi connectivity index (χ0) is 15.8. The molecule has 0 spiro atoms. The number of hydrogen-bond donors (Lipinski definition) is 4. The minimum absolute atomic E-state index is 0.0641. The molecule has 7 nitrogen and oxygen atoms in total. The Morgan fingerprint density at radius 2 is 1.95 bits per heavy atom. The molecule has 0 aliphatic heterocycles. The van der Waals surface area contributed by atoms with Crippen LogP contribution in [0.5, 0.6) is 0 Å². The number of carboxylic acids is 1. The summed E-state index contributed by atoms with van der Waals surface area (Å²) in [4.78, 5) is 33.1. The number of carboxylic acid groups (broad SMARTS) is 1. The van der Waals surface area contributed by atoms with Crippen LogP contribution < -0.4 is 16.4 Å². The molecule has 8 heteroatoms. The highest BCUT2D eigenvalue weighted by atomic mass is 79.9. The van der Waals surface area contributed by atoms with Gasteiger partial charge in [-0.15, -0.1) is 0 Å². The van der Waals surface area contributed by atoms with E-state index in [4.69, 9.17) is 10.8 Å². The van der Waals surface area contributed by atoms with Gasteiger partial charge in [0.1, 0.15) is 0 Å². The molecule has 0 aliphatic rings. The first-order valence-corrected chi connectivity index (χ1v) is 7.05. The lowest BCUT2D eigenvalue weighted by Gasteiger charge is -2.08. The number of nitrogens with one attached hydrogen (secondary N) is 2. The Kier molecular flexibility index (Phi) is 6.67. The Labute approximate surface area is 130 Å². The molecule has 0 atom stereocenters. The largest absolute Gasteiger partial charge is 0.478 e. The fourth-order valence-corrected chi connectivity index (χ4v) is 1.98. The number of carbonyl (C=O) groups excluding carboxylic acids is 2. The fraction of sp³-hybridized carbons (Fsp3) is 0.308. The second-order valence-electron chi connectivity index (χ2n) is 4.30. The normalized spacial score (nSPS) is 9.95. The topological polar surface area (TPSA) is 122 Å². The zero-order valence-electron chi connectivity index (χ0n) is 11.2. The van der Waals surface area contributed by atoms with Gasteiger partial charge in [0, 0.05) is 23.1 Å². The predicted molar refractivity (Wildman–Crippen MR) is 81.2 cm³/mol. The molecule has 0 aliphatic carbocycles. The number of benzene rings is 1. The van der Waals surface area contributed by atoms with Crippen molar-refractivity contribution in [2.75, 3.05) is 11.9 Å². The summed E-state index contributed by atoms with van der Waals surface area (Å²) in [5.74, 6) is -1.45. The maximum atomic E-state index is 11.6. The van der Waals surface area contributed by atoms with Gasteiger partial charge in [0.25, 0.3) is 0 Å². The number of primary amides is 1. The molecule has 3 amide bonds. The van der Waals surface area contributed by atoms with Crippen LogP contribution in [-0.4, -0.2) is 29.6 Å².